The third-order valence-corrected chi connectivity index (χ3v) is 3.71. The van der Waals surface area contributed by atoms with E-state index in [1.54, 1.807) is 0 Å². The minimum absolute atomic E-state index is 0.392. The predicted molar refractivity (Wildman–Crippen MR) is 69.4 cm³/mol. The Morgan fingerprint density at radius 2 is 2.18 bits per heavy atom. The van der Waals surface area contributed by atoms with Crippen LogP contribution in [0, 0.1) is 5.92 Å². The molecule has 0 saturated heterocycles. The Bertz CT molecular complexity index is 361. The summed E-state index contributed by atoms with van der Waals surface area (Å²) in [5.41, 5.74) is 1.37. The minimum atomic E-state index is 0.392. The van der Waals surface area contributed by atoms with Gasteiger partial charge in [-0.05, 0) is 43.4 Å². The summed E-state index contributed by atoms with van der Waals surface area (Å²) in [6, 6.07) is 9.24. The average Bonchev–Trinajstić information content (AvgIpc) is 3.06. The van der Waals surface area contributed by atoms with Crippen LogP contribution in [0.5, 0.6) is 5.75 Å². The molecule has 3 rings (SSSR count). The fourth-order valence-corrected chi connectivity index (χ4v) is 2.57. The highest BCUT2D eigenvalue weighted by molar-refractivity contribution is 5.37. The molecule has 2 nitrogen and oxygen atoms in total. The van der Waals surface area contributed by atoms with Crippen LogP contribution in [0.25, 0.3) is 0 Å². The third-order valence-electron chi connectivity index (χ3n) is 3.71. The third kappa shape index (κ3) is 2.81. The first-order valence-corrected chi connectivity index (χ1v) is 6.79. The van der Waals surface area contributed by atoms with E-state index in [2.05, 4.69) is 36.5 Å². The number of hydrogen-bond donors (Lipinski definition) is 1. The van der Waals surface area contributed by atoms with E-state index >= 15 is 0 Å². The SMILES string of the molecule is CC(CNC1CC1)CC1Cc2ccccc2O1. The molecule has 1 heterocycles. The first kappa shape index (κ1) is 11.1. The second-order valence-electron chi connectivity index (χ2n) is 5.58. The summed E-state index contributed by atoms with van der Waals surface area (Å²) in [5, 5.41) is 3.60. The van der Waals surface area contributed by atoms with Crippen molar-refractivity contribution in [2.24, 2.45) is 5.92 Å². The first-order valence-electron chi connectivity index (χ1n) is 6.79. The van der Waals surface area contributed by atoms with Gasteiger partial charge in [-0.25, -0.2) is 0 Å². The molecule has 0 bridgehead atoms. The lowest BCUT2D eigenvalue weighted by molar-refractivity contribution is 0.196. The van der Waals surface area contributed by atoms with Gasteiger partial charge in [-0.3, -0.25) is 0 Å². The van der Waals surface area contributed by atoms with Crippen molar-refractivity contribution in [2.75, 3.05) is 6.54 Å². The van der Waals surface area contributed by atoms with Crippen molar-refractivity contribution in [3.05, 3.63) is 29.8 Å². The van der Waals surface area contributed by atoms with Gasteiger partial charge in [0.05, 0.1) is 0 Å². The molecule has 2 aliphatic rings. The molecule has 92 valence electrons. The molecule has 17 heavy (non-hydrogen) atoms. The lowest BCUT2D eigenvalue weighted by Gasteiger charge is -2.17. The van der Waals surface area contributed by atoms with Gasteiger partial charge in [-0.2, -0.15) is 0 Å². The predicted octanol–water partition coefficient (Wildman–Crippen LogP) is 2.77. The Balaban J connectivity index is 1.47. The van der Waals surface area contributed by atoms with Crippen molar-refractivity contribution < 1.29 is 4.74 Å². The number of para-hydroxylation sites is 1. The second-order valence-corrected chi connectivity index (χ2v) is 5.58. The Labute approximate surface area is 103 Å². The zero-order valence-electron chi connectivity index (χ0n) is 10.5. The van der Waals surface area contributed by atoms with Crippen LogP contribution in [0.15, 0.2) is 24.3 Å². The van der Waals surface area contributed by atoms with Gasteiger partial charge in [0.15, 0.2) is 0 Å². The van der Waals surface area contributed by atoms with Crippen molar-refractivity contribution in [2.45, 2.75) is 44.8 Å². The van der Waals surface area contributed by atoms with Crippen molar-refractivity contribution in [1.82, 2.24) is 5.32 Å². The Morgan fingerprint density at radius 3 is 2.94 bits per heavy atom. The Kier molecular flexibility index (Phi) is 3.06. The van der Waals surface area contributed by atoms with E-state index in [1.165, 1.54) is 18.4 Å². The molecule has 2 atom stereocenters. The van der Waals surface area contributed by atoms with E-state index in [4.69, 9.17) is 4.74 Å². The highest BCUT2D eigenvalue weighted by Crippen LogP contribution is 2.30. The average molecular weight is 231 g/mol. The molecule has 1 fully saturated rings. The lowest BCUT2D eigenvalue weighted by atomic mass is 10.00. The summed E-state index contributed by atoms with van der Waals surface area (Å²) in [7, 11) is 0. The van der Waals surface area contributed by atoms with Crippen molar-refractivity contribution in [3.8, 4) is 5.75 Å². The zero-order chi connectivity index (χ0) is 11.7. The fourth-order valence-electron chi connectivity index (χ4n) is 2.57. The molecule has 0 aromatic heterocycles. The van der Waals surface area contributed by atoms with Gasteiger partial charge in [0.1, 0.15) is 11.9 Å². The molecule has 1 N–H and O–H groups in total. The maximum absolute atomic E-state index is 5.97. The highest BCUT2D eigenvalue weighted by atomic mass is 16.5. The molecule has 2 heteroatoms. The van der Waals surface area contributed by atoms with Gasteiger partial charge < -0.3 is 10.1 Å². The number of rotatable bonds is 5. The molecule has 1 aromatic rings. The van der Waals surface area contributed by atoms with Gasteiger partial charge in [-0.1, -0.05) is 25.1 Å². The van der Waals surface area contributed by atoms with E-state index in [9.17, 15) is 0 Å². The van der Waals surface area contributed by atoms with Gasteiger partial charge in [0, 0.05) is 12.5 Å². The monoisotopic (exact) mass is 231 g/mol. The van der Waals surface area contributed by atoms with Crippen molar-refractivity contribution >= 4 is 0 Å². The summed E-state index contributed by atoms with van der Waals surface area (Å²) in [5.74, 6) is 1.80. The van der Waals surface area contributed by atoms with Crippen LogP contribution in [0.4, 0.5) is 0 Å². The standard InChI is InChI=1S/C15H21NO/c1-11(10-16-13-6-7-13)8-14-9-12-4-2-3-5-15(12)17-14/h2-5,11,13-14,16H,6-10H2,1H3. The van der Waals surface area contributed by atoms with Crippen LogP contribution < -0.4 is 10.1 Å². The molecule has 1 aliphatic carbocycles. The lowest BCUT2D eigenvalue weighted by Crippen LogP contribution is -2.27. The van der Waals surface area contributed by atoms with Crippen molar-refractivity contribution in [1.29, 1.82) is 0 Å². The van der Waals surface area contributed by atoms with Gasteiger partial charge in [0.25, 0.3) is 0 Å². The zero-order valence-corrected chi connectivity index (χ0v) is 10.5. The smallest absolute Gasteiger partial charge is 0.123 e. The van der Waals surface area contributed by atoms with E-state index in [-0.39, 0.29) is 0 Å². The first-order chi connectivity index (χ1) is 8.31. The second kappa shape index (κ2) is 4.69. The van der Waals surface area contributed by atoms with Crippen LogP contribution in [-0.4, -0.2) is 18.7 Å². The highest BCUT2D eigenvalue weighted by Gasteiger charge is 2.25. The summed E-state index contributed by atoms with van der Waals surface area (Å²) in [4.78, 5) is 0. The molecular weight excluding hydrogens is 210 g/mol. The maximum atomic E-state index is 5.97. The van der Waals surface area contributed by atoms with Gasteiger partial charge in [0.2, 0.25) is 0 Å². The number of ether oxygens (including phenoxy) is 1. The summed E-state index contributed by atoms with van der Waals surface area (Å²) in [6.07, 6.45) is 5.39. The van der Waals surface area contributed by atoms with E-state index in [0.717, 1.165) is 31.2 Å². The maximum Gasteiger partial charge on any atom is 0.123 e. The quantitative estimate of drug-likeness (QED) is 0.841. The van der Waals surface area contributed by atoms with E-state index in [0.29, 0.717) is 12.0 Å². The van der Waals surface area contributed by atoms with Crippen molar-refractivity contribution in [3.63, 3.8) is 0 Å². The van der Waals surface area contributed by atoms with Gasteiger partial charge in [-0.15, -0.1) is 0 Å². The molecular formula is C15H21NO. The number of hydrogen-bond acceptors (Lipinski definition) is 2. The molecule has 1 aliphatic heterocycles. The minimum Gasteiger partial charge on any atom is -0.490 e. The normalized spacial score (nSPS) is 24.2. The number of fused-ring (bicyclic) bond motifs is 1. The Morgan fingerprint density at radius 1 is 1.35 bits per heavy atom. The molecule has 0 radical (unpaired) electrons. The number of benzene rings is 1. The van der Waals surface area contributed by atoms with Gasteiger partial charge >= 0.3 is 0 Å². The van der Waals surface area contributed by atoms with E-state index in [1.807, 2.05) is 0 Å². The summed E-state index contributed by atoms with van der Waals surface area (Å²) >= 11 is 0. The van der Waals surface area contributed by atoms with Crippen LogP contribution in [-0.2, 0) is 6.42 Å². The fraction of sp³-hybridized carbons (Fsp3) is 0.600. The molecule has 0 amide bonds. The topological polar surface area (TPSA) is 21.3 Å². The van der Waals surface area contributed by atoms with E-state index < -0.39 is 0 Å². The largest absolute Gasteiger partial charge is 0.490 e. The number of nitrogens with one attached hydrogen (secondary N) is 1. The molecule has 1 saturated carbocycles. The summed E-state index contributed by atoms with van der Waals surface area (Å²) in [6.45, 7) is 3.46. The van der Waals surface area contributed by atoms with Crippen LogP contribution in [0.3, 0.4) is 0 Å². The van der Waals surface area contributed by atoms with Crippen LogP contribution in [0.1, 0.15) is 31.7 Å². The molecule has 2 unspecified atom stereocenters. The molecule has 1 aromatic carbocycles. The van der Waals surface area contributed by atoms with Crippen LogP contribution >= 0.6 is 0 Å². The summed E-state index contributed by atoms with van der Waals surface area (Å²) < 4.78 is 5.97. The molecule has 0 spiro atoms. The Hall–Kier alpha value is -1.02. The van der Waals surface area contributed by atoms with Crippen LogP contribution in [0.2, 0.25) is 0 Å².